The van der Waals surface area contributed by atoms with Crippen molar-refractivity contribution in [3.05, 3.63) is 107 Å². The molecule has 0 saturated heterocycles. The number of carbonyl (C=O) groups excluding carboxylic acids is 1. The highest BCUT2D eigenvalue weighted by Gasteiger charge is 2.16. The summed E-state index contributed by atoms with van der Waals surface area (Å²) in [5.74, 6) is 0.00698. The van der Waals surface area contributed by atoms with Gasteiger partial charge in [0, 0.05) is 12.0 Å². The van der Waals surface area contributed by atoms with Crippen LogP contribution >= 0.6 is 0 Å². The lowest BCUT2D eigenvalue weighted by atomic mass is 9.90. The van der Waals surface area contributed by atoms with E-state index in [1.54, 1.807) is 0 Å². The molecule has 0 aliphatic heterocycles. The minimum absolute atomic E-state index is 0.00698. The molecule has 0 fully saturated rings. The fraction of sp³-hybridized carbons (Fsp3) is 0.0833. The van der Waals surface area contributed by atoms with Gasteiger partial charge in [-0.2, -0.15) is 5.26 Å². The van der Waals surface area contributed by atoms with Gasteiger partial charge < -0.3 is 0 Å². The van der Waals surface area contributed by atoms with Gasteiger partial charge in [0.2, 0.25) is 0 Å². The molecule has 0 aliphatic rings. The third-order valence-corrected chi connectivity index (χ3v) is 4.31. The van der Waals surface area contributed by atoms with E-state index in [4.69, 9.17) is 0 Å². The van der Waals surface area contributed by atoms with Crippen molar-refractivity contribution in [3.8, 4) is 6.07 Å². The summed E-state index contributed by atoms with van der Waals surface area (Å²) >= 11 is 0. The molecule has 126 valence electrons. The minimum Gasteiger partial charge on any atom is -0.294 e. The topological polar surface area (TPSA) is 40.9 Å². The molecule has 3 aromatic carbocycles. The summed E-state index contributed by atoms with van der Waals surface area (Å²) in [5.41, 5.74) is 4.79. The van der Waals surface area contributed by atoms with Gasteiger partial charge in [0.25, 0.3) is 0 Å². The van der Waals surface area contributed by atoms with Gasteiger partial charge in [-0.15, -0.1) is 0 Å². The second kappa shape index (κ2) is 8.09. The Morgan fingerprint density at radius 1 is 0.769 bits per heavy atom. The molecule has 2 nitrogen and oxygen atoms in total. The Labute approximate surface area is 154 Å². The average molecular weight is 337 g/mol. The van der Waals surface area contributed by atoms with E-state index in [1.165, 1.54) is 0 Å². The SMILES string of the molecule is Cc1ccc(C(=O)C/C(=C(\C#N)c2ccccc2)c2ccccc2)cc1. The van der Waals surface area contributed by atoms with Crippen LogP contribution in [0.5, 0.6) is 0 Å². The molecular weight excluding hydrogens is 318 g/mol. The lowest BCUT2D eigenvalue weighted by Crippen LogP contribution is -2.03. The first-order valence-corrected chi connectivity index (χ1v) is 8.53. The predicted molar refractivity (Wildman–Crippen MR) is 105 cm³/mol. The number of Topliss-reactive ketones (excluding diaryl/α,β-unsaturated/α-hetero) is 1. The average Bonchev–Trinajstić information content (AvgIpc) is 2.69. The van der Waals surface area contributed by atoms with Crippen LogP contribution in [0, 0.1) is 18.3 Å². The third kappa shape index (κ3) is 3.96. The van der Waals surface area contributed by atoms with Crippen molar-refractivity contribution in [2.24, 2.45) is 0 Å². The van der Waals surface area contributed by atoms with E-state index in [0.717, 1.165) is 22.3 Å². The summed E-state index contributed by atoms with van der Waals surface area (Å²) in [6, 6.07) is 29.0. The molecule has 0 aliphatic carbocycles. The zero-order chi connectivity index (χ0) is 18.4. The Hall–Kier alpha value is -3.44. The maximum Gasteiger partial charge on any atom is 0.167 e. The highest BCUT2D eigenvalue weighted by atomic mass is 16.1. The number of benzene rings is 3. The Balaban J connectivity index is 2.07. The lowest BCUT2D eigenvalue weighted by molar-refractivity contribution is 0.0998. The number of allylic oxidation sites excluding steroid dienone is 2. The molecule has 0 N–H and O–H groups in total. The number of nitriles is 1. The molecule has 0 aromatic heterocycles. The van der Waals surface area contributed by atoms with Crippen molar-refractivity contribution in [3.63, 3.8) is 0 Å². The van der Waals surface area contributed by atoms with Crippen molar-refractivity contribution < 1.29 is 4.79 Å². The van der Waals surface area contributed by atoms with Gasteiger partial charge in [0.15, 0.2) is 5.78 Å². The summed E-state index contributed by atoms with van der Waals surface area (Å²) in [5, 5.41) is 9.81. The summed E-state index contributed by atoms with van der Waals surface area (Å²) in [6.07, 6.45) is 0.185. The number of carbonyl (C=O) groups is 1. The smallest absolute Gasteiger partial charge is 0.167 e. The van der Waals surface area contributed by atoms with Crippen molar-refractivity contribution >= 4 is 16.9 Å². The van der Waals surface area contributed by atoms with E-state index in [-0.39, 0.29) is 12.2 Å². The molecule has 0 bridgehead atoms. The van der Waals surface area contributed by atoms with E-state index in [2.05, 4.69) is 6.07 Å². The first-order chi connectivity index (χ1) is 12.7. The molecule has 0 unspecified atom stereocenters. The quantitative estimate of drug-likeness (QED) is 0.340. The van der Waals surface area contributed by atoms with Gasteiger partial charge in [0.1, 0.15) is 6.07 Å². The number of nitrogens with zero attached hydrogens (tertiary/aromatic N) is 1. The van der Waals surface area contributed by atoms with Crippen molar-refractivity contribution in [1.82, 2.24) is 0 Å². The Bertz CT molecular complexity index is 962. The fourth-order valence-electron chi connectivity index (χ4n) is 2.89. The first kappa shape index (κ1) is 17.4. The van der Waals surface area contributed by atoms with Gasteiger partial charge >= 0.3 is 0 Å². The number of hydrogen-bond acceptors (Lipinski definition) is 2. The van der Waals surface area contributed by atoms with E-state index < -0.39 is 0 Å². The number of hydrogen-bond donors (Lipinski definition) is 0. The zero-order valence-corrected chi connectivity index (χ0v) is 14.6. The van der Waals surface area contributed by atoms with E-state index in [1.807, 2.05) is 91.9 Å². The Morgan fingerprint density at radius 3 is 1.85 bits per heavy atom. The van der Waals surface area contributed by atoms with Gasteiger partial charge in [0.05, 0.1) is 5.57 Å². The summed E-state index contributed by atoms with van der Waals surface area (Å²) in [6.45, 7) is 1.99. The molecule has 26 heavy (non-hydrogen) atoms. The minimum atomic E-state index is 0.00698. The van der Waals surface area contributed by atoms with E-state index in [9.17, 15) is 10.1 Å². The number of ketones is 1. The molecule has 0 spiro atoms. The fourth-order valence-corrected chi connectivity index (χ4v) is 2.89. The normalized spacial score (nSPS) is 11.4. The van der Waals surface area contributed by atoms with Gasteiger partial charge in [-0.3, -0.25) is 4.79 Å². The molecular formula is C24H19NO. The molecule has 3 rings (SSSR count). The largest absolute Gasteiger partial charge is 0.294 e. The predicted octanol–water partition coefficient (Wildman–Crippen LogP) is 5.70. The molecule has 2 heteroatoms. The van der Waals surface area contributed by atoms with Crippen LogP contribution in [0.15, 0.2) is 84.9 Å². The Morgan fingerprint density at radius 2 is 1.31 bits per heavy atom. The highest BCUT2D eigenvalue weighted by molar-refractivity contribution is 6.09. The van der Waals surface area contributed by atoms with Crippen LogP contribution in [-0.2, 0) is 0 Å². The van der Waals surface area contributed by atoms with Crippen molar-refractivity contribution in [2.75, 3.05) is 0 Å². The molecule has 0 heterocycles. The van der Waals surface area contributed by atoms with Crippen molar-refractivity contribution in [2.45, 2.75) is 13.3 Å². The number of aryl methyl sites for hydroxylation is 1. The summed E-state index contributed by atoms with van der Waals surface area (Å²) in [7, 11) is 0. The summed E-state index contributed by atoms with van der Waals surface area (Å²) < 4.78 is 0. The molecule has 0 amide bonds. The number of rotatable bonds is 5. The van der Waals surface area contributed by atoms with Crippen molar-refractivity contribution in [1.29, 1.82) is 5.26 Å². The second-order valence-corrected chi connectivity index (χ2v) is 6.16. The van der Waals surface area contributed by atoms with Crippen LogP contribution in [0.3, 0.4) is 0 Å². The van der Waals surface area contributed by atoms with Crippen LogP contribution < -0.4 is 0 Å². The standard InChI is InChI=1S/C24H19NO/c1-18-12-14-21(15-13-18)24(26)16-22(19-8-4-2-5-9-19)23(17-25)20-10-6-3-7-11-20/h2-15H,16H2,1H3/b23-22-. The lowest BCUT2D eigenvalue weighted by Gasteiger charge is -2.12. The molecule has 0 radical (unpaired) electrons. The molecule has 0 saturated carbocycles. The monoisotopic (exact) mass is 337 g/mol. The van der Waals surface area contributed by atoms with Crippen LogP contribution in [0.4, 0.5) is 0 Å². The van der Waals surface area contributed by atoms with E-state index >= 15 is 0 Å². The zero-order valence-electron chi connectivity index (χ0n) is 14.6. The first-order valence-electron chi connectivity index (χ1n) is 8.53. The van der Waals surface area contributed by atoms with Gasteiger partial charge in [-0.1, -0.05) is 90.5 Å². The van der Waals surface area contributed by atoms with Crippen LogP contribution in [0.25, 0.3) is 11.1 Å². The van der Waals surface area contributed by atoms with Crippen LogP contribution in [0.2, 0.25) is 0 Å². The maximum atomic E-state index is 12.8. The van der Waals surface area contributed by atoms with Gasteiger partial charge in [-0.05, 0) is 23.6 Å². The van der Waals surface area contributed by atoms with Crippen LogP contribution in [0.1, 0.15) is 33.5 Å². The molecule has 0 atom stereocenters. The second-order valence-electron chi connectivity index (χ2n) is 6.16. The van der Waals surface area contributed by atoms with Crippen LogP contribution in [-0.4, -0.2) is 5.78 Å². The Kier molecular flexibility index (Phi) is 5.41. The highest BCUT2D eigenvalue weighted by Crippen LogP contribution is 2.30. The summed E-state index contributed by atoms with van der Waals surface area (Å²) in [4.78, 5) is 12.8. The maximum absolute atomic E-state index is 12.8. The third-order valence-electron chi connectivity index (χ3n) is 4.31. The van der Waals surface area contributed by atoms with Gasteiger partial charge in [-0.25, -0.2) is 0 Å². The molecule has 3 aromatic rings. The van der Waals surface area contributed by atoms with E-state index in [0.29, 0.717) is 11.1 Å².